The topological polar surface area (TPSA) is 36.9 Å². The molecular weight excluding hydrogens is 1410 g/mol. The van der Waals surface area contributed by atoms with E-state index >= 15 is 0 Å². The molecule has 4 heterocycles. The van der Waals surface area contributed by atoms with Crippen LogP contribution in [0.2, 0.25) is 29.6 Å². The number of ether oxygens (including phenoxy) is 4. The van der Waals surface area contributed by atoms with Crippen LogP contribution in [0.5, 0.6) is 23.0 Å². The van der Waals surface area contributed by atoms with Crippen LogP contribution in [0, 0.1) is 0 Å². The van der Waals surface area contributed by atoms with Crippen molar-refractivity contribution in [3.8, 4) is 43.9 Å². The van der Waals surface area contributed by atoms with Crippen LogP contribution in [-0.2, 0) is 10.8 Å². The van der Waals surface area contributed by atoms with Crippen LogP contribution < -0.4 is 24.7 Å². The standard InChI is InChI=1S/C76H88O4S4.6CH3.2Sn/c1-5-9-13-17-21-25-47-77-59-37-29-55(30-38-59)75(56-31-39-60(40-32-56)78-48-26-22-18-14-10-6-2)65-53-64-66(54-63(65)71-69(75)73-67(83-71)45-51-81-73)76(70-72(64)84-68-46-52-82-74(68)70,57-33-41-61(42-34-57)79-49-27-23-19-15-11-7-3)58-35-43-62(44-36-58)80-50-28-24-20-16-12-8-4;;;;;;;;/h29-46,53-54H,5-28,47-50H2,1-4H3;6*1H3;;. The van der Waals surface area contributed by atoms with Crippen molar-refractivity contribution >= 4 is 107 Å². The Morgan fingerprint density at radius 3 is 0.804 bits per heavy atom. The number of hydrogen-bond acceptors (Lipinski definition) is 8. The summed E-state index contributed by atoms with van der Waals surface area (Å²) >= 11 is 3.16. The third-order valence-electron chi connectivity index (χ3n) is 19.6. The summed E-state index contributed by atoms with van der Waals surface area (Å²) in [6.45, 7) is 12.1. The molecule has 0 saturated carbocycles. The van der Waals surface area contributed by atoms with Crippen molar-refractivity contribution in [3.05, 3.63) is 166 Å². The summed E-state index contributed by atoms with van der Waals surface area (Å²) in [7, 11) is 0. The Kier molecular flexibility index (Phi) is 24.2. The van der Waals surface area contributed by atoms with Crippen LogP contribution in [0.4, 0.5) is 0 Å². The number of hydrogen-bond donors (Lipinski definition) is 0. The first kappa shape index (κ1) is 69.6. The zero-order chi connectivity index (χ0) is 64.3. The van der Waals surface area contributed by atoms with E-state index in [1.807, 2.05) is 22.7 Å². The second-order valence-electron chi connectivity index (χ2n) is 28.7. The second kappa shape index (κ2) is 32.1. The summed E-state index contributed by atoms with van der Waals surface area (Å²) in [5.74, 6) is 3.79. The van der Waals surface area contributed by atoms with Gasteiger partial charge in [-0.25, -0.2) is 0 Å². The molecule has 0 spiro atoms. The Morgan fingerprint density at radius 1 is 0.304 bits per heavy atom. The minimum atomic E-state index is -2.57. The van der Waals surface area contributed by atoms with Crippen LogP contribution in [0.1, 0.15) is 226 Å². The Bertz CT molecular complexity index is 3420. The van der Waals surface area contributed by atoms with E-state index in [9.17, 15) is 0 Å². The van der Waals surface area contributed by atoms with Crippen LogP contribution in [0.15, 0.2) is 121 Å². The van der Waals surface area contributed by atoms with E-state index in [-0.39, 0.29) is 0 Å². The molecule has 0 bridgehead atoms. The van der Waals surface area contributed by atoms with Gasteiger partial charge >= 0.3 is 428 Å². The van der Waals surface area contributed by atoms with Crippen molar-refractivity contribution < 1.29 is 18.9 Å². The molecule has 0 radical (unpaired) electrons. The van der Waals surface area contributed by atoms with E-state index in [2.05, 4.69) is 201 Å². The molecule has 5 aromatic carbocycles. The zero-order valence-electron chi connectivity index (χ0n) is 57.6. The van der Waals surface area contributed by atoms with E-state index < -0.39 is 47.6 Å². The normalized spacial score (nSPS) is 13.8. The molecule has 9 aromatic rings. The predicted octanol–water partition coefficient (Wildman–Crippen LogP) is 25.0. The van der Waals surface area contributed by atoms with Gasteiger partial charge in [0.25, 0.3) is 0 Å². The summed E-state index contributed by atoms with van der Waals surface area (Å²) in [5.41, 5.74) is 12.2. The van der Waals surface area contributed by atoms with Crippen LogP contribution >= 0.6 is 45.3 Å². The first-order valence-corrected chi connectivity index (χ1v) is 59.3. The van der Waals surface area contributed by atoms with Crippen molar-refractivity contribution in [2.45, 2.75) is 222 Å². The second-order valence-corrected chi connectivity index (χ2v) is 63.8. The SMILES string of the molecule is CCCCCCCCOc1ccc(C2(c3ccc(OCCCCCCCC)cc3)c3cc4c(cc3-c3sc5c[c]([Sn]([CH3])([CH3])[CH3])sc5c32)C(c2ccc(OCCCCCCCC)cc2)(c2ccc(OCCCCCCCC)cc2)c2c-4sc3c[c]([Sn]([CH3])([CH3])[CH3])sc23)cc1. The molecular formula is C82H106O4S4Sn2. The van der Waals surface area contributed by atoms with Gasteiger partial charge in [-0.3, -0.25) is 0 Å². The monoisotopic (exact) mass is 1520 g/mol. The van der Waals surface area contributed by atoms with E-state index in [0.717, 1.165) is 75.1 Å². The summed E-state index contributed by atoms with van der Waals surface area (Å²) in [4.78, 5) is 18.3. The average molecular weight is 1520 g/mol. The summed E-state index contributed by atoms with van der Waals surface area (Å²) in [5, 5.41) is 0. The summed E-state index contributed by atoms with van der Waals surface area (Å²) < 4.78 is 35.5. The predicted molar refractivity (Wildman–Crippen MR) is 409 cm³/mol. The molecule has 0 saturated heterocycles. The maximum atomic E-state index is 6.63. The molecule has 10 heteroatoms. The van der Waals surface area contributed by atoms with E-state index in [1.54, 1.807) is 5.79 Å². The third-order valence-corrected chi connectivity index (χ3v) is 43.4. The molecule has 4 aromatic heterocycles. The fourth-order valence-corrected chi connectivity index (χ4v) is 31.0. The number of rotatable bonds is 38. The van der Waals surface area contributed by atoms with Gasteiger partial charge in [-0.15, -0.1) is 0 Å². The molecule has 0 aliphatic heterocycles. The molecule has 490 valence electrons. The van der Waals surface area contributed by atoms with Gasteiger partial charge in [0.05, 0.1) is 0 Å². The first-order valence-electron chi connectivity index (χ1n) is 36.0. The number of thiophene rings is 4. The molecule has 0 N–H and O–H groups in total. The molecule has 0 atom stereocenters. The fourth-order valence-electron chi connectivity index (χ4n) is 14.5. The van der Waals surface area contributed by atoms with E-state index in [1.165, 1.54) is 213 Å². The van der Waals surface area contributed by atoms with Gasteiger partial charge in [0.15, 0.2) is 0 Å². The van der Waals surface area contributed by atoms with Gasteiger partial charge in [0.1, 0.15) is 0 Å². The van der Waals surface area contributed by atoms with Gasteiger partial charge in [0.2, 0.25) is 0 Å². The molecule has 4 nitrogen and oxygen atoms in total. The number of unbranched alkanes of at least 4 members (excludes halogenated alkanes) is 20. The van der Waals surface area contributed by atoms with Crippen molar-refractivity contribution in [2.75, 3.05) is 26.4 Å². The minimum absolute atomic E-state index is 0.638. The first-order chi connectivity index (χ1) is 44.7. The Hall–Kier alpha value is -3.78. The van der Waals surface area contributed by atoms with Gasteiger partial charge < -0.3 is 0 Å². The van der Waals surface area contributed by atoms with Crippen LogP contribution in [-0.4, -0.2) is 63.2 Å². The quantitative estimate of drug-likeness (QED) is 0.0285. The zero-order valence-corrected chi connectivity index (χ0v) is 66.6. The molecule has 92 heavy (non-hydrogen) atoms. The van der Waals surface area contributed by atoms with Gasteiger partial charge in [-0.2, -0.15) is 0 Å². The van der Waals surface area contributed by atoms with Crippen molar-refractivity contribution in [3.63, 3.8) is 0 Å². The van der Waals surface area contributed by atoms with E-state index in [0.29, 0.717) is 0 Å². The van der Waals surface area contributed by atoms with Crippen LogP contribution in [0.3, 0.4) is 0 Å². The van der Waals surface area contributed by atoms with Crippen molar-refractivity contribution in [1.29, 1.82) is 0 Å². The van der Waals surface area contributed by atoms with E-state index in [4.69, 9.17) is 18.9 Å². The molecule has 0 unspecified atom stereocenters. The van der Waals surface area contributed by atoms with Gasteiger partial charge in [0, 0.05) is 0 Å². The van der Waals surface area contributed by atoms with Gasteiger partial charge in [-0.1, -0.05) is 156 Å². The number of fused-ring (bicyclic) bond motifs is 10. The van der Waals surface area contributed by atoms with Crippen molar-refractivity contribution in [2.24, 2.45) is 0 Å². The molecule has 0 fully saturated rings. The molecule has 0 amide bonds. The summed E-state index contributed by atoms with van der Waals surface area (Å²) in [6, 6.07) is 48.3. The Balaban J connectivity index is 1.11. The average Bonchev–Trinajstić information content (AvgIpc) is 1.49. The molecule has 2 aliphatic carbocycles. The molecule has 2 aliphatic rings. The van der Waals surface area contributed by atoms with Crippen LogP contribution in [0.25, 0.3) is 39.7 Å². The maximum absolute atomic E-state index is 6.63. The Labute approximate surface area is 578 Å². The molecule has 11 rings (SSSR count). The number of benzene rings is 5. The van der Waals surface area contributed by atoms with Crippen molar-refractivity contribution in [1.82, 2.24) is 0 Å². The Morgan fingerprint density at radius 2 is 0.554 bits per heavy atom. The summed E-state index contributed by atoms with van der Waals surface area (Å²) in [6.07, 6.45) is 29.8. The third kappa shape index (κ3) is 15.0. The van der Waals surface area contributed by atoms with Gasteiger partial charge in [-0.05, 0) is 0 Å². The fraction of sp³-hybridized carbons (Fsp3) is 0.488.